The van der Waals surface area contributed by atoms with Crippen LogP contribution in [0.4, 0.5) is 0 Å². The van der Waals surface area contributed by atoms with Crippen molar-refractivity contribution in [1.82, 2.24) is 5.32 Å². The Balaban J connectivity index is 2.34. The van der Waals surface area contributed by atoms with E-state index in [2.05, 4.69) is 12.2 Å². The predicted octanol–water partition coefficient (Wildman–Crippen LogP) is 1.44. The summed E-state index contributed by atoms with van der Waals surface area (Å²) in [5, 5.41) is 3.45. The summed E-state index contributed by atoms with van der Waals surface area (Å²) >= 11 is 0. The fourth-order valence-corrected chi connectivity index (χ4v) is 2.08. The van der Waals surface area contributed by atoms with Crippen molar-refractivity contribution in [2.45, 2.75) is 58.6 Å². The zero-order valence-electron chi connectivity index (χ0n) is 11.3. The number of hydrogen-bond donors (Lipinski definition) is 2. The maximum atomic E-state index is 11.2. The fraction of sp³-hybridized carbons (Fsp3) is 0.923. The predicted molar refractivity (Wildman–Crippen MR) is 68.6 cm³/mol. The first-order valence-electron chi connectivity index (χ1n) is 6.60. The van der Waals surface area contributed by atoms with Crippen LogP contribution in [0.25, 0.3) is 0 Å². The maximum absolute atomic E-state index is 11.2. The average molecular weight is 242 g/mol. The van der Waals surface area contributed by atoms with Crippen LogP contribution in [0.5, 0.6) is 0 Å². The monoisotopic (exact) mass is 242 g/mol. The third-order valence-electron chi connectivity index (χ3n) is 3.48. The van der Waals surface area contributed by atoms with E-state index >= 15 is 0 Å². The van der Waals surface area contributed by atoms with E-state index in [9.17, 15) is 4.79 Å². The van der Waals surface area contributed by atoms with Crippen LogP contribution in [-0.4, -0.2) is 31.2 Å². The number of carbonyl (C=O) groups is 1. The van der Waals surface area contributed by atoms with Gasteiger partial charge in [0, 0.05) is 19.2 Å². The highest BCUT2D eigenvalue weighted by Crippen LogP contribution is 2.19. The van der Waals surface area contributed by atoms with Crippen LogP contribution in [0.3, 0.4) is 0 Å². The third kappa shape index (κ3) is 4.64. The number of nitrogens with one attached hydrogen (secondary N) is 1. The van der Waals surface area contributed by atoms with E-state index in [1.54, 1.807) is 0 Å². The number of primary amides is 1. The van der Waals surface area contributed by atoms with E-state index in [4.69, 9.17) is 10.5 Å². The van der Waals surface area contributed by atoms with Crippen molar-refractivity contribution in [2.75, 3.05) is 13.2 Å². The Kier molecular flexibility index (Phi) is 5.40. The van der Waals surface area contributed by atoms with Crippen molar-refractivity contribution >= 4 is 5.91 Å². The first-order chi connectivity index (χ1) is 7.95. The molecular formula is C13H26N2O2. The molecule has 0 aliphatic carbocycles. The molecule has 0 radical (unpaired) electrons. The lowest BCUT2D eigenvalue weighted by Crippen LogP contribution is -2.46. The third-order valence-corrected chi connectivity index (χ3v) is 3.48. The summed E-state index contributed by atoms with van der Waals surface area (Å²) in [5.74, 6) is -0.248. The highest BCUT2D eigenvalue weighted by atomic mass is 16.5. The summed E-state index contributed by atoms with van der Waals surface area (Å²) in [4.78, 5) is 11.2. The van der Waals surface area contributed by atoms with Crippen LogP contribution < -0.4 is 11.1 Å². The van der Waals surface area contributed by atoms with E-state index in [0.717, 1.165) is 32.3 Å². The van der Waals surface area contributed by atoms with Crippen LogP contribution in [0.2, 0.25) is 0 Å². The molecule has 4 heteroatoms. The fourth-order valence-electron chi connectivity index (χ4n) is 2.08. The van der Waals surface area contributed by atoms with E-state index in [0.29, 0.717) is 18.7 Å². The lowest BCUT2D eigenvalue weighted by Gasteiger charge is -2.32. The average Bonchev–Trinajstić information content (AvgIpc) is 2.27. The minimum absolute atomic E-state index is 0.248. The van der Waals surface area contributed by atoms with Crippen LogP contribution in [-0.2, 0) is 9.53 Å². The van der Waals surface area contributed by atoms with Crippen molar-refractivity contribution in [3.63, 3.8) is 0 Å². The van der Waals surface area contributed by atoms with Crippen molar-refractivity contribution in [3.05, 3.63) is 0 Å². The molecule has 4 nitrogen and oxygen atoms in total. The topological polar surface area (TPSA) is 64.3 Å². The minimum atomic E-state index is -0.474. The van der Waals surface area contributed by atoms with Gasteiger partial charge < -0.3 is 15.8 Å². The molecule has 1 aliphatic rings. The van der Waals surface area contributed by atoms with E-state index in [1.807, 2.05) is 13.8 Å². The Bertz CT molecular complexity index is 252. The molecule has 3 N–H and O–H groups in total. The zero-order chi connectivity index (χ0) is 12.9. The van der Waals surface area contributed by atoms with Crippen LogP contribution in [0.15, 0.2) is 0 Å². The lowest BCUT2D eigenvalue weighted by atomic mass is 9.91. The first-order valence-corrected chi connectivity index (χ1v) is 6.60. The summed E-state index contributed by atoms with van der Waals surface area (Å²) in [7, 11) is 0. The molecule has 1 aliphatic heterocycles. The molecule has 0 aromatic rings. The Morgan fingerprint density at radius 1 is 1.53 bits per heavy atom. The minimum Gasteiger partial charge on any atom is -0.378 e. The lowest BCUT2D eigenvalue weighted by molar-refractivity contribution is -0.125. The summed E-state index contributed by atoms with van der Waals surface area (Å²) < 4.78 is 5.70. The van der Waals surface area contributed by atoms with E-state index < -0.39 is 5.41 Å². The molecular weight excluding hydrogens is 216 g/mol. The smallest absolute Gasteiger partial charge is 0.224 e. The molecule has 0 bridgehead atoms. The molecule has 2 atom stereocenters. The summed E-state index contributed by atoms with van der Waals surface area (Å²) in [5.41, 5.74) is 4.88. The van der Waals surface area contributed by atoms with Crippen molar-refractivity contribution in [3.8, 4) is 0 Å². The van der Waals surface area contributed by atoms with Gasteiger partial charge >= 0.3 is 0 Å². The zero-order valence-corrected chi connectivity index (χ0v) is 11.3. The molecule has 17 heavy (non-hydrogen) atoms. The molecule has 1 rings (SSSR count). The molecule has 1 saturated heterocycles. The number of hydrogen-bond acceptors (Lipinski definition) is 3. The van der Waals surface area contributed by atoms with Gasteiger partial charge in [-0.25, -0.2) is 0 Å². The quantitative estimate of drug-likeness (QED) is 0.740. The highest BCUT2D eigenvalue weighted by Gasteiger charge is 2.28. The van der Waals surface area contributed by atoms with Gasteiger partial charge in [-0.3, -0.25) is 4.79 Å². The Labute approximate surface area is 104 Å². The maximum Gasteiger partial charge on any atom is 0.224 e. The van der Waals surface area contributed by atoms with E-state index in [1.165, 1.54) is 0 Å². The number of nitrogens with two attached hydrogens (primary N) is 1. The summed E-state index contributed by atoms with van der Waals surface area (Å²) in [6.45, 7) is 7.40. The molecule has 0 saturated carbocycles. The van der Waals surface area contributed by atoms with Crippen molar-refractivity contribution < 1.29 is 9.53 Å². The SMILES string of the molecule is CCCC1CC(NCC(C)(C)C(N)=O)CCO1. The second-order valence-corrected chi connectivity index (χ2v) is 5.63. The molecule has 1 fully saturated rings. The van der Waals surface area contributed by atoms with Gasteiger partial charge in [-0.15, -0.1) is 0 Å². The van der Waals surface area contributed by atoms with Gasteiger partial charge in [0.25, 0.3) is 0 Å². The van der Waals surface area contributed by atoms with E-state index in [-0.39, 0.29) is 5.91 Å². The Morgan fingerprint density at radius 2 is 2.24 bits per heavy atom. The second-order valence-electron chi connectivity index (χ2n) is 5.63. The summed E-state index contributed by atoms with van der Waals surface area (Å²) in [6.07, 6.45) is 4.72. The molecule has 2 unspecified atom stereocenters. The van der Waals surface area contributed by atoms with Gasteiger partial charge in [-0.05, 0) is 33.1 Å². The molecule has 0 aromatic carbocycles. The highest BCUT2D eigenvalue weighted by molar-refractivity contribution is 5.80. The second kappa shape index (κ2) is 6.36. The molecule has 0 spiro atoms. The summed E-state index contributed by atoms with van der Waals surface area (Å²) in [6, 6.07) is 0.457. The standard InChI is InChI=1S/C13H26N2O2/c1-4-5-11-8-10(6-7-17-11)15-9-13(2,3)12(14)16/h10-11,15H,4-9H2,1-3H3,(H2,14,16). The van der Waals surface area contributed by atoms with Gasteiger partial charge in [-0.2, -0.15) is 0 Å². The van der Waals surface area contributed by atoms with Gasteiger partial charge in [-0.1, -0.05) is 13.3 Å². The van der Waals surface area contributed by atoms with Crippen molar-refractivity contribution in [2.24, 2.45) is 11.1 Å². The molecule has 100 valence electrons. The van der Waals surface area contributed by atoms with Gasteiger partial charge in [0.2, 0.25) is 5.91 Å². The molecule has 1 heterocycles. The van der Waals surface area contributed by atoms with Gasteiger partial charge in [0.1, 0.15) is 0 Å². The van der Waals surface area contributed by atoms with Crippen LogP contribution >= 0.6 is 0 Å². The first kappa shape index (κ1) is 14.5. The molecule has 1 amide bonds. The van der Waals surface area contributed by atoms with Crippen LogP contribution in [0.1, 0.15) is 46.5 Å². The normalized spacial score (nSPS) is 25.8. The number of ether oxygens (including phenoxy) is 1. The molecule has 0 aromatic heterocycles. The van der Waals surface area contributed by atoms with Crippen LogP contribution in [0, 0.1) is 5.41 Å². The van der Waals surface area contributed by atoms with Gasteiger partial charge in [0.05, 0.1) is 11.5 Å². The van der Waals surface area contributed by atoms with Crippen molar-refractivity contribution in [1.29, 1.82) is 0 Å². The largest absolute Gasteiger partial charge is 0.378 e. The Morgan fingerprint density at radius 3 is 2.82 bits per heavy atom. The Hall–Kier alpha value is -0.610. The number of rotatable bonds is 6. The number of carbonyl (C=O) groups excluding carboxylic acids is 1. The van der Waals surface area contributed by atoms with Gasteiger partial charge in [0.15, 0.2) is 0 Å². The number of amides is 1.